The summed E-state index contributed by atoms with van der Waals surface area (Å²) in [5.41, 5.74) is 2.31. The summed E-state index contributed by atoms with van der Waals surface area (Å²) >= 11 is 0. The summed E-state index contributed by atoms with van der Waals surface area (Å²) in [6.07, 6.45) is 1.29. The number of likely N-dealkylation sites (tertiary alicyclic amines) is 1. The van der Waals surface area contributed by atoms with Crippen LogP contribution in [0.4, 0.5) is 0 Å². The van der Waals surface area contributed by atoms with Crippen molar-refractivity contribution in [2.24, 2.45) is 5.92 Å². The Morgan fingerprint density at radius 2 is 2.11 bits per heavy atom. The Labute approximate surface area is 116 Å². The van der Waals surface area contributed by atoms with Crippen LogP contribution in [-0.4, -0.2) is 35.7 Å². The van der Waals surface area contributed by atoms with E-state index < -0.39 is 0 Å². The topological polar surface area (TPSA) is 41.3 Å². The van der Waals surface area contributed by atoms with E-state index in [9.17, 15) is 0 Å². The summed E-state index contributed by atoms with van der Waals surface area (Å²) in [4.78, 5) is 2.55. The summed E-state index contributed by atoms with van der Waals surface area (Å²) in [5, 5.41) is 7.62. The fourth-order valence-electron chi connectivity index (χ4n) is 3.05. The highest BCUT2D eigenvalue weighted by Gasteiger charge is 2.29. The van der Waals surface area contributed by atoms with Crippen LogP contribution in [0.15, 0.2) is 4.52 Å². The van der Waals surface area contributed by atoms with Gasteiger partial charge in [0, 0.05) is 24.2 Å². The molecule has 2 rings (SSSR count). The largest absolute Gasteiger partial charge is 0.361 e. The SMILES string of the molecule is Cc1noc(C)c1C(C)N1CCC(CNC(C)C)C1. The lowest BCUT2D eigenvalue weighted by atomic mass is 10.1. The Balaban J connectivity index is 1.93. The average molecular weight is 265 g/mol. The third-order valence-electron chi connectivity index (χ3n) is 4.19. The third-order valence-corrected chi connectivity index (χ3v) is 4.19. The minimum atomic E-state index is 0.412. The minimum Gasteiger partial charge on any atom is -0.361 e. The van der Waals surface area contributed by atoms with Crippen LogP contribution in [0.1, 0.15) is 50.3 Å². The fraction of sp³-hybridized carbons (Fsp3) is 0.800. The van der Waals surface area contributed by atoms with Gasteiger partial charge in [0.05, 0.1) is 5.69 Å². The predicted octanol–water partition coefficient (Wildman–Crippen LogP) is 2.67. The molecule has 0 bridgehead atoms. The van der Waals surface area contributed by atoms with E-state index in [-0.39, 0.29) is 0 Å². The molecule has 2 atom stereocenters. The second kappa shape index (κ2) is 6.06. The molecule has 108 valence electrons. The van der Waals surface area contributed by atoms with Crippen molar-refractivity contribution in [1.29, 1.82) is 0 Å². The van der Waals surface area contributed by atoms with E-state index in [1.54, 1.807) is 0 Å². The lowest BCUT2D eigenvalue weighted by molar-refractivity contribution is 0.248. The first-order valence-electron chi connectivity index (χ1n) is 7.39. The van der Waals surface area contributed by atoms with Crippen molar-refractivity contribution < 1.29 is 4.52 Å². The number of nitrogens with zero attached hydrogens (tertiary/aromatic N) is 2. The second-order valence-corrected chi connectivity index (χ2v) is 6.13. The quantitative estimate of drug-likeness (QED) is 0.888. The molecule has 1 aromatic heterocycles. The zero-order valence-electron chi connectivity index (χ0n) is 12.9. The molecule has 2 heterocycles. The van der Waals surface area contributed by atoms with E-state index >= 15 is 0 Å². The van der Waals surface area contributed by atoms with Crippen LogP contribution < -0.4 is 5.32 Å². The molecule has 0 saturated carbocycles. The maximum atomic E-state index is 5.29. The van der Waals surface area contributed by atoms with Crippen molar-refractivity contribution in [2.75, 3.05) is 19.6 Å². The molecule has 2 unspecified atom stereocenters. The van der Waals surface area contributed by atoms with Crippen LogP contribution in [0, 0.1) is 19.8 Å². The highest BCUT2D eigenvalue weighted by molar-refractivity contribution is 5.24. The van der Waals surface area contributed by atoms with Crippen molar-refractivity contribution in [3.8, 4) is 0 Å². The molecule has 1 aromatic rings. The van der Waals surface area contributed by atoms with Crippen molar-refractivity contribution in [3.05, 3.63) is 17.0 Å². The number of aryl methyl sites for hydroxylation is 2. The van der Waals surface area contributed by atoms with E-state index in [0.29, 0.717) is 12.1 Å². The molecule has 0 radical (unpaired) electrons. The lowest BCUT2D eigenvalue weighted by Gasteiger charge is -2.24. The molecule has 4 heteroatoms. The van der Waals surface area contributed by atoms with Crippen molar-refractivity contribution in [2.45, 2.75) is 53.1 Å². The first kappa shape index (κ1) is 14.5. The first-order valence-corrected chi connectivity index (χ1v) is 7.39. The van der Waals surface area contributed by atoms with E-state index in [0.717, 1.165) is 23.9 Å². The van der Waals surface area contributed by atoms with Crippen molar-refractivity contribution in [1.82, 2.24) is 15.4 Å². The number of aromatic nitrogens is 1. The molecule has 0 spiro atoms. The molecule has 0 aromatic carbocycles. The smallest absolute Gasteiger partial charge is 0.138 e. The van der Waals surface area contributed by atoms with Crippen LogP contribution in [-0.2, 0) is 0 Å². The Morgan fingerprint density at radius 1 is 1.37 bits per heavy atom. The number of rotatable bonds is 5. The molecular weight excluding hydrogens is 238 g/mol. The van der Waals surface area contributed by atoms with Gasteiger partial charge in [-0.1, -0.05) is 19.0 Å². The Hall–Kier alpha value is -0.870. The van der Waals surface area contributed by atoms with Gasteiger partial charge in [-0.2, -0.15) is 0 Å². The van der Waals surface area contributed by atoms with Gasteiger partial charge in [0.25, 0.3) is 0 Å². The van der Waals surface area contributed by atoms with Gasteiger partial charge in [-0.15, -0.1) is 0 Å². The molecule has 0 amide bonds. The van der Waals surface area contributed by atoms with Gasteiger partial charge in [0.2, 0.25) is 0 Å². The van der Waals surface area contributed by atoms with E-state index in [1.807, 2.05) is 13.8 Å². The summed E-state index contributed by atoms with van der Waals surface area (Å²) in [6.45, 7) is 14.2. The summed E-state index contributed by atoms with van der Waals surface area (Å²) < 4.78 is 5.29. The van der Waals surface area contributed by atoms with Gasteiger partial charge in [-0.05, 0) is 46.2 Å². The van der Waals surface area contributed by atoms with E-state index in [4.69, 9.17) is 4.52 Å². The van der Waals surface area contributed by atoms with Gasteiger partial charge < -0.3 is 9.84 Å². The zero-order valence-corrected chi connectivity index (χ0v) is 12.9. The third kappa shape index (κ3) is 3.37. The Bertz CT molecular complexity index is 394. The van der Waals surface area contributed by atoms with E-state index in [2.05, 4.69) is 36.1 Å². The molecule has 1 saturated heterocycles. The molecular formula is C15H27N3O. The van der Waals surface area contributed by atoms with Crippen LogP contribution in [0.3, 0.4) is 0 Å². The average Bonchev–Trinajstić information content (AvgIpc) is 2.94. The normalized spacial score (nSPS) is 22.3. The maximum absolute atomic E-state index is 5.29. The molecule has 1 aliphatic heterocycles. The van der Waals surface area contributed by atoms with Crippen LogP contribution >= 0.6 is 0 Å². The van der Waals surface area contributed by atoms with Crippen molar-refractivity contribution in [3.63, 3.8) is 0 Å². The van der Waals surface area contributed by atoms with Gasteiger partial charge in [-0.25, -0.2) is 0 Å². The molecule has 1 aliphatic rings. The molecule has 4 nitrogen and oxygen atoms in total. The van der Waals surface area contributed by atoms with Crippen LogP contribution in [0.25, 0.3) is 0 Å². The number of nitrogens with one attached hydrogen (secondary N) is 1. The van der Waals surface area contributed by atoms with Crippen LogP contribution in [0.2, 0.25) is 0 Å². The predicted molar refractivity (Wildman–Crippen MR) is 77.2 cm³/mol. The monoisotopic (exact) mass is 265 g/mol. The number of hydrogen-bond acceptors (Lipinski definition) is 4. The van der Waals surface area contributed by atoms with Crippen LogP contribution in [0.5, 0.6) is 0 Å². The van der Waals surface area contributed by atoms with Gasteiger partial charge in [0.1, 0.15) is 5.76 Å². The minimum absolute atomic E-state index is 0.412. The number of hydrogen-bond donors (Lipinski definition) is 1. The second-order valence-electron chi connectivity index (χ2n) is 6.13. The van der Waals surface area contributed by atoms with Crippen molar-refractivity contribution >= 4 is 0 Å². The fourth-order valence-corrected chi connectivity index (χ4v) is 3.05. The standard InChI is InChI=1S/C15H27N3O/c1-10(2)16-8-14-6-7-18(9-14)12(4)15-11(3)17-19-13(15)5/h10,12,14,16H,6-9H2,1-5H3. The molecule has 1 fully saturated rings. The van der Waals surface area contributed by atoms with Gasteiger partial charge in [-0.3, -0.25) is 4.90 Å². The molecule has 19 heavy (non-hydrogen) atoms. The maximum Gasteiger partial charge on any atom is 0.138 e. The lowest BCUT2D eigenvalue weighted by Crippen LogP contribution is -2.31. The molecule has 1 N–H and O–H groups in total. The zero-order chi connectivity index (χ0) is 14.0. The Morgan fingerprint density at radius 3 is 2.68 bits per heavy atom. The molecule has 0 aliphatic carbocycles. The first-order chi connectivity index (χ1) is 8.99. The van der Waals surface area contributed by atoms with Gasteiger partial charge in [0.15, 0.2) is 0 Å². The summed E-state index contributed by atoms with van der Waals surface area (Å²) in [5.74, 6) is 1.74. The highest BCUT2D eigenvalue weighted by Crippen LogP contribution is 2.30. The Kier molecular flexibility index (Phi) is 4.63. The summed E-state index contributed by atoms with van der Waals surface area (Å²) in [6, 6.07) is 0.990. The summed E-state index contributed by atoms with van der Waals surface area (Å²) in [7, 11) is 0. The van der Waals surface area contributed by atoms with Gasteiger partial charge >= 0.3 is 0 Å². The van der Waals surface area contributed by atoms with E-state index in [1.165, 1.54) is 25.1 Å². The highest BCUT2D eigenvalue weighted by atomic mass is 16.5.